The van der Waals surface area contributed by atoms with Crippen molar-refractivity contribution < 1.29 is 5.11 Å². The first kappa shape index (κ1) is 17.2. The van der Waals surface area contributed by atoms with E-state index in [9.17, 15) is 9.90 Å². The third-order valence-electron chi connectivity index (χ3n) is 4.46. The molecule has 3 aromatic rings. The predicted octanol–water partition coefficient (Wildman–Crippen LogP) is 4.48. The molecule has 1 heterocycles. The van der Waals surface area contributed by atoms with E-state index < -0.39 is 0 Å². The first-order valence-corrected chi connectivity index (χ1v) is 8.78. The summed E-state index contributed by atoms with van der Waals surface area (Å²) in [4.78, 5) is 18.1. The molecule has 0 saturated carbocycles. The summed E-state index contributed by atoms with van der Waals surface area (Å²) in [7, 11) is 0. The number of hydrogen-bond acceptors (Lipinski definition) is 3. The van der Waals surface area contributed by atoms with Crippen LogP contribution in [0.5, 0.6) is 5.75 Å². The molecule has 4 nitrogen and oxygen atoms in total. The van der Waals surface area contributed by atoms with E-state index >= 15 is 0 Å². The second-order valence-electron chi connectivity index (χ2n) is 6.81. The molecule has 0 aliphatic heterocycles. The van der Waals surface area contributed by atoms with E-state index in [1.54, 1.807) is 16.7 Å². The van der Waals surface area contributed by atoms with E-state index in [2.05, 4.69) is 6.92 Å². The summed E-state index contributed by atoms with van der Waals surface area (Å²) in [5.41, 5.74) is 3.26. The van der Waals surface area contributed by atoms with E-state index in [4.69, 9.17) is 4.98 Å². The Kier molecular flexibility index (Phi) is 4.62. The van der Waals surface area contributed by atoms with Crippen molar-refractivity contribution in [2.45, 2.75) is 46.5 Å². The standard InChI is InChI=1S/C21H24N2O2/c1-5-6-16-18(24)12-11-17-19(16)22-20(13(2)3)23(21(17)25)15-9-7-14(4)8-10-15/h7-13,24H,5-6H2,1-4H3. The van der Waals surface area contributed by atoms with Crippen LogP contribution in [0, 0.1) is 6.92 Å². The fourth-order valence-corrected chi connectivity index (χ4v) is 3.14. The maximum atomic E-state index is 13.2. The minimum absolute atomic E-state index is 0.0789. The van der Waals surface area contributed by atoms with Crippen molar-refractivity contribution in [2.75, 3.05) is 0 Å². The van der Waals surface area contributed by atoms with E-state index in [1.165, 1.54) is 0 Å². The molecule has 25 heavy (non-hydrogen) atoms. The molecule has 0 amide bonds. The molecule has 1 aromatic heterocycles. The highest BCUT2D eigenvalue weighted by Gasteiger charge is 2.18. The number of aryl methyl sites for hydroxylation is 2. The second kappa shape index (κ2) is 6.71. The van der Waals surface area contributed by atoms with Crippen LogP contribution < -0.4 is 5.56 Å². The van der Waals surface area contributed by atoms with Crippen molar-refractivity contribution in [2.24, 2.45) is 0 Å². The highest BCUT2D eigenvalue weighted by molar-refractivity contribution is 5.83. The average Bonchev–Trinajstić information content (AvgIpc) is 2.58. The van der Waals surface area contributed by atoms with Gasteiger partial charge >= 0.3 is 0 Å². The summed E-state index contributed by atoms with van der Waals surface area (Å²) in [6.07, 6.45) is 1.58. The van der Waals surface area contributed by atoms with Crippen molar-refractivity contribution >= 4 is 10.9 Å². The molecule has 1 N–H and O–H groups in total. The van der Waals surface area contributed by atoms with E-state index in [0.29, 0.717) is 23.1 Å². The Hall–Kier alpha value is -2.62. The minimum atomic E-state index is -0.0880. The van der Waals surface area contributed by atoms with Crippen LogP contribution in [0.2, 0.25) is 0 Å². The lowest BCUT2D eigenvalue weighted by Crippen LogP contribution is -2.25. The second-order valence-corrected chi connectivity index (χ2v) is 6.81. The van der Waals surface area contributed by atoms with Crippen LogP contribution in [0.4, 0.5) is 0 Å². The molecule has 4 heteroatoms. The number of nitrogens with zero attached hydrogens (tertiary/aromatic N) is 2. The van der Waals surface area contributed by atoms with Gasteiger partial charge in [-0.1, -0.05) is 44.9 Å². The lowest BCUT2D eigenvalue weighted by molar-refractivity contribution is 0.468. The van der Waals surface area contributed by atoms with Crippen molar-refractivity contribution in [3.8, 4) is 11.4 Å². The number of fused-ring (bicyclic) bond motifs is 1. The Morgan fingerprint density at radius 2 is 1.80 bits per heavy atom. The number of rotatable bonds is 4. The van der Waals surface area contributed by atoms with Crippen molar-refractivity contribution in [1.29, 1.82) is 0 Å². The van der Waals surface area contributed by atoms with Gasteiger partial charge in [0.2, 0.25) is 0 Å². The number of phenols is 1. The molecule has 0 aliphatic rings. The van der Waals surface area contributed by atoms with E-state index in [-0.39, 0.29) is 17.2 Å². The molecule has 2 aromatic carbocycles. The summed E-state index contributed by atoms with van der Waals surface area (Å²) >= 11 is 0. The van der Waals surface area contributed by atoms with Crippen LogP contribution in [0.3, 0.4) is 0 Å². The number of hydrogen-bond donors (Lipinski definition) is 1. The Balaban J connectivity index is 2.40. The van der Waals surface area contributed by atoms with Gasteiger partial charge < -0.3 is 5.11 Å². The maximum absolute atomic E-state index is 13.2. The van der Waals surface area contributed by atoms with Crippen LogP contribution in [0.1, 0.15) is 50.1 Å². The van der Waals surface area contributed by atoms with Gasteiger partial charge in [0, 0.05) is 11.5 Å². The largest absolute Gasteiger partial charge is 0.508 e. The molecule has 0 atom stereocenters. The molecule has 0 spiro atoms. The number of benzene rings is 2. The zero-order valence-electron chi connectivity index (χ0n) is 15.2. The van der Waals surface area contributed by atoms with Gasteiger partial charge in [-0.15, -0.1) is 0 Å². The van der Waals surface area contributed by atoms with Crippen molar-refractivity contribution in [3.05, 3.63) is 63.7 Å². The van der Waals surface area contributed by atoms with E-state index in [1.807, 2.05) is 45.0 Å². The summed E-state index contributed by atoms with van der Waals surface area (Å²) < 4.78 is 1.69. The first-order valence-electron chi connectivity index (χ1n) is 8.78. The first-order chi connectivity index (χ1) is 11.9. The highest BCUT2D eigenvalue weighted by atomic mass is 16.3. The van der Waals surface area contributed by atoms with Crippen LogP contribution in [-0.2, 0) is 6.42 Å². The Morgan fingerprint density at radius 3 is 2.40 bits per heavy atom. The quantitative estimate of drug-likeness (QED) is 0.764. The molecule has 0 bridgehead atoms. The summed E-state index contributed by atoms with van der Waals surface area (Å²) in [5.74, 6) is 1.00. The molecular formula is C21H24N2O2. The molecular weight excluding hydrogens is 312 g/mol. The van der Waals surface area contributed by atoms with Crippen molar-refractivity contribution in [1.82, 2.24) is 9.55 Å². The van der Waals surface area contributed by atoms with Gasteiger partial charge in [-0.3, -0.25) is 9.36 Å². The molecule has 0 unspecified atom stereocenters. The summed E-state index contributed by atoms with van der Waals surface area (Å²) in [6, 6.07) is 11.2. The van der Waals surface area contributed by atoms with Gasteiger partial charge in [0.15, 0.2) is 0 Å². The van der Waals surface area contributed by atoms with Gasteiger partial charge in [-0.2, -0.15) is 0 Å². The SMILES string of the molecule is CCCc1c(O)ccc2c(=O)n(-c3ccc(C)cc3)c(C(C)C)nc12. The zero-order chi connectivity index (χ0) is 18.1. The van der Waals surface area contributed by atoms with Gasteiger partial charge in [-0.05, 0) is 37.6 Å². The van der Waals surface area contributed by atoms with Crippen molar-refractivity contribution in [3.63, 3.8) is 0 Å². The molecule has 3 rings (SSSR count). The fourth-order valence-electron chi connectivity index (χ4n) is 3.14. The van der Waals surface area contributed by atoms with Gasteiger partial charge in [0.25, 0.3) is 5.56 Å². The van der Waals surface area contributed by atoms with Crippen LogP contribution in [-0.4, -0.2) is 14.7 Å². The van der Waals surface area contributed by atoms with Gasteiger partial charge in [-0.25, -0.2) is 4.98 Å². The minimum Gasteiger partial charge on any atom is -0.508 e. The molecule has 130 valence electrons. The smallest absolute Gasteiger partial charge is 0.265 e. The molecule has 0 saturated heterocycles. The maximum Gasteiger partial charge on any atom is 0.265 e. The number of aromatic nitrogens is 2. The van der Waals surface area contributed by atoms with Crippen LogP contribution in [0.25, 0.3) is 16.6 Å². The highest BCUT2D eigenvalue weighted by Crippen LogP contribution is 2.27. The summed E-state index contributed by atoms with van der Waals surface area (Å²) in [5, 5.41) is 10.8. The zero-order valence-corrected chi connectivity index (χ0v) is 15.2. The van der Waals surface area contributed by atoms with Crippen LogP contribution in [0.15, 0.2) is 41.2 Å². The Bertz CT molecular complexity index is 970. The molecule has 0 aliphatic carbocycles. The van der Waals surface area contributed by atoms with Crippen LogP contribution >= 0.6 is 0 Å². The normalized spacial score (nSPS) is 11.4. The average molecular weight is 336 g/mol. The van der Waals surface area contributed by atoms with E-state index in [0.717, 1.165) is 23.2 Å². The topological polar surface area (TPSA) is 55.1 Å². The fraction of sp³-hybridized carbons (Fsp3) is 0.333. The lowest BCUT2D eigenvalue weighted by atomic mass is 10.0. The summed E-state index contributed by atoms with van der Waals surface area (Å²) in [6.45, 7) is 8.13. The monoisotopic (exact) mass is 336 g/mol. The Labute approximate surface area is 147 Å². The Morgan fingerprint density at radius 1 is 1.12 bits per heavy atom. The van der Waals surface area contributed by atoms with Gasteiger partial charge in [0.05, 0.1) is 16.6 Å². The number of phenolic OH excluding ortho intramolecular Hbond substituents is 1. The predicted molar refractivity (Wildman–Crippen MR) is 102 cm³/mol. The third kappa shape index (κ3) is 3.04. The van der Waals surface area contributed by atoms with Gasteiger partial charge in [0.1, 0.15) is 11.6 Å². The molecule has 0 radical (unpaired) electrons. The molecule has 0 fully saturated rings. The number of aromatic hydroxyl groups is 1. The lowest BCUT2D eigenvalue weighted by Gasteiger charge is -2.17. The third-order valence-corrected chi connectivity index (χ3v) is 4.46.